The molecule has 0 radical (unpaired) electrons. The van der Waals surface area contributed by atoms with Crippen LogP contribution in [0.2, 0.25) is 0 Å². The third-order valence-corrected chi connectivity index (χ3v) is 5.08. The van der Waals surface area contributed by atoms with E-state index < -0.39 is 0 Å². The second-order valence-electron chi connectivity index (χ2n) is 5.79. The van der Waals surface area contributed by atoms with Gasteiger partial charge in [-0.2, -0.15) is 0 Å². The molecule has 2 aliphatic rings. The number of carbonyl (C=O) groups is 3. The fourth-order valence-electron chi connectivity index (χ4n) is 2.62. The molecular weight excluding hydrogens is 290 g/mol. The molecule has 21 heavy (non-hydrogen) atoms. The zero-order valence-corrected chi connectivity index (χ0v) is 13.4. The monoisotopic (exact) mass is 313 g/mol. The Bertz CT molecular complexity index is 406. The molecule has 0 aromatic heterocycles. The summed E-state index contributed by atoms with van der Waals surface area (Å²) in [6.07, 6.45) is 2.26. The number of amides is 3. The minimum Gasteiger partial charge on any atom is -0.353 e. The van der Waals surface area contributed by atoms with Gasteiger partial charge < -0.3 is 5.32 Å². The van der Waals surface area contributed by atoms with Gasteiger partial charge in [0.25, 0.3) is 5.24 Å². The van der Waals surface area contributed by atoms with Crippen molar-refractivity contribution in [1.82, 2.24) is 15.1 Å². The molecule has 0 spiro atoms. The lowest BCUT2D eigenvalue weighted by Crippen LogP contribution is -2.49. The van der Waals surface area contributed by atoms with E-state index in [-0.39, 0.29) is 35.4 Å². The molecule has 0 unspecified atom stereocenters. The number of carbonyl (C=O) groups excluding carboxylic acids is 3. The molecule has 3 amide bonds. The third-order valence-electron chi connectivity index (χ3n) is 4.22. The summed E-state index contributed by atoms with van der Waals surface area (Å²) in [5.41, 5.74) is 0. The zero-order valence-electron chi connectivity index (χ0n) is 12.6. The Labute approximate surface area is 129 Å². The molecule has 6 nitrogen and oxygen atoms in total. The molecule has 2 rings (SSSR count). The predicted molar refractivity (Wildman–Crippen MR) is 82.0 cm³/mol. The van der Waals surface area contributed by atoms with E-state index in [1.54, 1.807) is 0 Å². The van der Waals surface area contributed by atoms with Gasteiger partial charge in [-0.1, -0.05) is 18.7 Å². The van der Waals surface area contributed by atoms with Gasteiger partial charge in [0.05, 0.1) is 11.8 Å². The largest absolute Gasteiger partial charge is 0.353 e. The highest BCUT2D eigenvalue weighted by Gasteiger charge is 2.30. The third kappa shape index (κ3) is 4.20. The van der Waals surface area contributed by atoms with E-state index >= 15 is 0 Å². The number of nitrogens with zero attached hydrogens (tertiary/aromatic N) is 2. The summed E-state index contributed by atoms with van der Waals surface area (Å²) < 4.78 is 0. The van der Waals surface area contributed by atoms with Crippen molar-refractivity contribution in [3.63, 3.8) is 0 Å². The molecule has 0 aromatic carbocycles. The lowest BCUT2D eigenvalue weighted by molar-refractivity contribution is -0.128. The fourth-order valence-corrected chi connectivity index (χ4v) is 3.37. The molecule has 118 valence electrons. The first kappa shape index (κ1) is 16.3. The maximum absolute atomic E-state index is 12.1. The average molecular weight is 313 g/mol. The van der Waals surface area contributed by atoms with Gasteiger partial charge in [0.2, 0.25) is 11.8 Å². The Morgan fingerprint density at radius 1 is 1.38 bits per heavy atom. The van der Waals surface area contributed by atoms with Gasteiger partial charge in [-0.15, -0.1) is 0 Å². The summed E-state index contributed by atoms with van der Waals surface area (Å²) >= 11 is 1.02. The van der Waals surface area contributed by atoms with E-state index in [1.165, 1.54) is 4.90 Å². The van der Waals surface area contributed by atoms with Crippen LogP contribution in [0, 0.1) is 5.92 Å². The second kappa shape index (κ2) is 7.26. The number of hydrogen-bond acceptors (Lipinski definition) is 5. The number of rotatable bonds is 5. The van der Waals surface area contributed by atoms with Gasteiger partial charge in [0.15, 0.2) is 0 Å². The molecule has 2 fully saturated rings. The van der Waals surface area contributed by atoms with E-state index in [0.717, 1.165) is 43.6 Å². The number of piperidine rings is 1. The van der Waals surface area contributed by atoms with Crippen LogP contribution in [0.5, 0.6) is 0 Å². The minimum absolute atomic E-state index is 0.0312. The van der Waals surface area contributed by atoms with Crippen molar-refractivity contribution in [1.29, 1.82) is 0 Å². The lowest BCUT2D eigenvalue weighted by atomic mass is 9.98. The second-order valence-corrected chi connectivity index (χ2v) is 6.71. The zero-order chi connectivity index (χ0) is 15.4. The Hall–Kier alpha value is -1.08. The molecule has 0 aliphatic carbocycles. The molecule has 7 heteroatoms. The Morgan fingerprint density at radius 2 is 2.05 bits per heavy atom. The van der Waals surface area contributed by atoms with E-state index in [0.29, 0.717) is 6.54 Å². The van der Waals surface area contributed by atoms with Crippen LogP contribution in [0.3, 0.4) is 0 Å². The first-order chi connectivity index (χ1) is 9.99. The first-order valence-electron chi connectivity index (χ1n) is 7.48. The standard InChI is InChI=1S/C14H23N3O3S/c1-10-3-6-16(7-4-10)11(2)13(19)15-5-8-17-12(18)9-21-14(17)20/h10-11H,3-9H2,1-2H3,(H,15,19)/t11-/m1/s1. The van der Waals surface area contributed by atoms with E-state index in [4.69, 9.17) is 0 Å². The maximum Gasteiger partial charge on any atom is 0.288 e. The van der Waals surface area contributed by atoms with Crippen molar-refractivity contribution in [2.75, 3.05) is 31.9 Å². The summed E-state index contributed by atoms with van der Waals surface area (Å²) in [4.78, 5) is 38.4. The summed E-state index contributed by atoms with van der Waals surface area (Å²) in [5.74, 6) is 0.754. The van der Waals surface area contributed by atoms with E-state index in [9.17, 15) is 14.4 Å². The number of likely N-dealkylation sites (tertiary alicyclic amines) is 1. The van der Waals surface area contributed by atoms with Crippen LogP contribution in [0.15, 0.2) is 0 Å². The van der Waals surface area contributed by atoms with Crippen molar-refractivity contribution in [2.45, 2.75) is 32.7 Å². The van der Waals surface area contributed by atoms with Gasteiger partial charge in [0.1, 0.15) is 0 Å². The summed E-state index contributed by atoms with van der Waals surface area (Å²) in [7, 11) is 0. The average Bonchev–Trinajstić information content (AvgIpc) is 2.79. The van der Waals surface area contributed by atoms with Crippen LogP contribution in [0.25, 0.3) is 0 Å². The Morgan fingerprint density at radius 3 is 2.62 bits per heavy atom. The van der Waals surface area contributed by atoms with Gasteiger partial charge in [-0.25, -0.2) is 0 Å². The lowest BCUT2D eigenvalue weighted by Gasteiger charge is -2.34. The van der Waals surface area contributed by atoms with Gasteiger partial charge in [0, 0.05) is 13.1 Å². The summed E-state index contributed by atoms with van der Waals surface area (Å²) in [5, 5.41) is 2.61. The molecule has 0 saturated carbocycles. The predicted octanol–water partition coefficient (Wildman–Crippen LogP) is 0.918. The van der Waals surface area contributed by atoms with Crippen LogP contribution in [-0.2, 0) is 9.59 Å². The van der Waals surface area contributed by atoms with Gasteiger partial charge >= 0.3 is 0 Å². The first-order valence-corrected chi connectivity index (χ1v) is 8.46. The molecule has 0 bridgehead atoms. The van der Waals surface area contributed by atoms with Gasteiger partial charge in [-0.05, 0) is 38.8 Å². The van der Waals surface area contributed by atoms with Crippen LogP contribution in [-0.4, -0.2) is 64.8 Å². The van der Waals surface area contributed by atoms with Crippen molar-refractivity contribution >= 4 is 28.8 Å². The van der Waals surface area contributed by atoms with E-state index in [2.05, 4.69) is 17.1 Å². The number of hydrogen-bond donors (Lipinski definition) is 1. The molecular formula is C14H23N3O3S. The maximum atomic E-state index is 12.1. The number of nitrogens with one attached hydrogen (secondary N) is 1. The molecule has 1 atom stereocenters. The number of thioether (sulfide) groups is 1. The molecule has 2 heterocycles. The highest BCUT2D eigenvalue weighted by atomic mass is 32.2. The highest BCUT2D eigenvalue weighted by Crippen LogP contribution is 2.19. The molecule has 2 saturated heterocycles. The Kier molecular flexibility index (Phi) is 5.64. The minimum atomic E-state index is -0.215. The normalized spacial score (nSPS) is 22.7. The van der Waals surface area contributed by atoms with Crippen LogP contribution < -0.4 is 5.32 Å². The van der Waals surface area contributed by atoms with Crippen LogP contribution >= 0.6 is 11.8 Å². The van der Waals surface area contributed by atoms with Crippen LogP contribution in [0.1, 0.15) is 26.7 Å². The number of imide groups is 1. The van der Waals surface area contributed by atoms with Crippen molar-refractivity contribution in [3.05, 3.63) is 0 Å². The van der Waals surface area contributed by atoms with Crippen molar-refractivity contribution in [3.8, 4) is 0 Å². The quantitative estimate of drug-likeness (QED) is 0.817. The Balaban J connectivity index is 1.71. The highest BCUT2D eigenvalue weighted by molar-refractivity contribution is 8.14. The topological polar surface area (TPSA) is 69.7 Å². The SMILES string of the molecule is CC1CCN([C@H](C)C(=O)NCCN2C(=O)CSC2=O)CC1. The molecule has 1 N–H and O–H groups in total. The molecule has 2 aliphatic heterocycles. The van der Waals surface area contributed by atoms with Crippen molar-refractivity contribution in [2.24, 2.45) is 5.92 Å². The fraction of sp³-hybridized carbons (Fsp3) is 0.786. The summed E-state index contributed by atoms with van der Waals surface area (Å²) in [6.45, 7) is 6.65. The summed E-state index contributed by atoms with van der Waals surface area (Å²) in [6, 6.07) is -0.156. The van der Waals surface area contributed by atoms with Gasteiger partial charge in [-0.3, -0.25) is 24.2 Å². The van der Waals surface area contributed by atoms with Crippen LogP contribution in [0.4, 0.5) is 4.79 Å². The van der Waals surface area contributed by atoms with E-state index in [1.807, 2.05) is 6.92 Å². The smallest absolute Gasteiger partial charge is 0.288 e. The molecule has 0 aromatic rings. The van der Waals surface area contributed by atoms with Crippen molar-refractivity contribution < 1.29 is 14.4 Å².